The lowest BCUT2D eigenvalue weighted by atomic mass is 10.2. The Morgan fingerprint density at radius 1 is 1.20 bits per heavy atom. The zero-order valence-electron chi connectivity index (χ0n) is 12.1. The molecule has 0 saturated heterocycles. The fourth-order valence-corrected chi connectivity index (χ4v) is 2.88. The van der Waals surface area contributed by atoms with Crippen LogP contribution < -0.4 is 5.32 Å². The maximum absolute atomic E-state index is 4.67. The summed E-state index contributed by atoms with van der Waals surface area (Å²) in [7, 11) is 0. The SMILES string of the molecule is CCCCCCNCCc1nc(-c2cccnc2)cs1. The highest BCUT2D eigenvalue weighted by Crippen LogP contribution is 2.20. The summed E-state index contributed by atoms with van der Waals surface area (Å²) in [6.07, 6.45) is 9.94. The Morgan fingerprint density at radius 2 is 2.15 bits per heavy atom. The highest BCUT2D eigenvalue weighted by Gasteiger charge is 2.04. The number of hydrogen-bond acceptors (Lipinski definition) is 4. The Morgan fingerprint density at radius 3 is 2.95 bits per heavy atom. The molecule has 2 heterocycles. The molecule has 20 heavy (non-hydrogen) atoms. The topological polar surface area (TPSA) is 37.8 Å². The summed E-state index contributed by atoms with van der Waals surface area (Å²) in [5.41, 5.74) is 2.14. The van der Waals surface area contributed by atoms with Gasteiger partial charge in [-0.15, -0.1) is 11.3 Å². The molecule has 0 bridgehead atoms. The van der Waals surface area contributed by atoms with Gasteiger partial charge in [0.25, 0.3) is 0 Å². The van der Waals surface area contributed by atoms with Gasteiger partial charge in [0, 0.05) is 36.3 Å². The first kappa shape index (κ1) is 15.1. The molecule has 0 spiro atoms. The van der Waals surface area contributed by atoms with Crippen LogP contribution in [-0.4, -0.2) is 23.1 Å². The molecule has 0 saturated carbocycles. The molecule has 0 atom stereocenters. The predicted octanol–water partition coefficient (Wildman–Crippen LogP) is 3.92. The van der Waals surface area contributed by atoms with Gasteiger partial charge in [-0.1, -0.05) is 26.2 Å². The molecule has 108 valence electrons. The van der Waals surface area contributed by atoms with Crippen molar-refractivity contribution in [3.8, 4) is 11.3 Å². The van der Waals surface area contributed by atoms with E-state index in [1.54, 1.807) is 17.5 Å². The van der Waals surface area contributed by atoms with Crippen molar-refractivity contribution in [2.24, 2.45) is 0 Å². The molecule has 4 heteroatoms. The highest BCUT2D eigenvalue weighted by molar-refractivity contribution is 7.09. The summed E-state index contributed by atoms with van der Waals surface area (Å²) >= 11 is 1.74. The number of pyridine rings is 1. The molecule has 1 N–H and O–H groups in total. The monoisotopic (exact) mass is 289 g/mol. The fraction of sp³-hybridized carbons (Fsp3) is 0.500. The van der Waals surface area contributed by atoms with Gasteiger partial charge in [0.05, 0.1) is 10.7 Å². The second kappa shape index (κ2) is 8.82. The van der Waals surface area contributed by atoms with Crippen LogP contribution in [0.15, 0.2) is 29.9 Å². The molecule has 2 aromatic heterocycles. The van der Waals surface area contributed by atoms with Gasteiger partial charge >= 0.3 is 0 Å². The summed E-state index contributed by atoms with van der Waals surface area (Å²) in [5, 5.41) is 6.81. The maximum Gasteiger partial charge on any atom is 0.0945 e. The average Bonchev–Trinajstić information content (AvgIpc) is 2.96. The van der Waals surface area contributed by atoms with Crippen LogP contribution in [-0.2, 0) is 6.42 Å². The van der Waals surface area contributed by atoms with Crippen LogP contribution in [0.1, 0.15) is 37.6 Å². The predicted molar refractivity (Wildman–Crippen MR) is 86.1 cm³/mol. The molecular formula is C16H23N3S. The van der Waals surface area contributed by atoms with E-state index < -0.39 is 0 Å². The van der Waals surface area contributed by atoms with E-state index in [4.69, 9.17) is 0 Å². The minimum absolute atomic E-state index is 1.01. The van der Waals surface area contributed by atoms with Crippen molar-refractivity contribution in [2.75, 3.05) is 13.1 Å². The van der Waals surface area contributed by atoms with Crippen molar-refractivity contribution in [3.05, 3.63) is 34.9 Å². The van der Waals surface area contributed by atoms with Crippen molar-refractivity contribution in [1.82, 2.24) is 15.3 Å². The van der Waals surface area contributed by atoms with Gasteiger partial charge in [-0.2, -0.15) is 0 Å². The molecule has 0 amide bonds. The number of rotatable bonds is 9. The molecule has 0 aliphatic rings. The average molecular weight is 289 g/mol. The first-order valence-corrected chi connectivity index (χ1v) is 8.33. The van der Waals surface area contributed by atoms with Gasteiger partial charge in [0.1, 0.15) is 0 Å². The van der Waals surface area contributed by atoms with Gasteiger partial charge in [-0.25, -0.2) is 4.98 Å². The molecule has 3 nitrogen and oxygen atoms in total. The molecule has 0 aliphatic heterocycles. The standard InChI is InChI=1S/C16H23N3S/c1-2-3-4-5-9-17-11-8-16-19-15(13-20-16)14-7-6-10-18-12-14/h6-7,10,12-13,17H,2-5,8-9,11H2,1H3. The Labute approximate surface area is 125 Å². The largest absolute Gasteiger partial charge is 0.316 e. The lowest BCUT2D eigenvalue weighted by Crippen LogP contribution is -2.18. The third-order valence-corrected chi connectivity index (χ3v) is 4.14. The number of thiazole rings is 1. The molecule has 0 fully saturated rings. The minimum atomic E-state index is 1.01. The van der Waals surface area contributed by atoms with Crippen LogP contribution in [0.25, 0.3) is 11.3 Å². The highest BCUT2D eigenvalue weighted by atomic mass is 32.1. The van der Waals surface area contributed by atoms with Gasteiger partial charge in [0.2, 0.25) is 0 Å². The number of nitrogens with one attached hydrogen (secondary N) is 1. The number of unbranched alkanes of at least 4 members (excludes halogenated alkanes) is 3. The van der Waals surface area contributed by atoms with Gasteiger partial charge in [-0.05, 0) is 25.1 Å². The van der Waals surface area contributed by atoms with Crippen LogP contribution in [0.5, 0.6) is 0 Å². The van der Waals surface area contributed by atoms with Crippen LogP contribution >= 0.6 is 11.3 Å². The summed E-state index contributed by atoms with van der Waals surface area (Å²) in [4.78, 5) is 8.80. The minimum Gasteiger partial charge on any atom is -0.316 e. The van der Waals surface area contributed by atoms with Crippen LogP contribution in [0.4, 0.5) is 0 Å². The lowest BCUT2D eigenvalue weighted by molar-refractivity contribution is 0.598. The van der Waals surface area contributed by atoms with Gasteiger partial charge in [-0.3, -0.25) is 4.98 Å². The molecular weight excluding hydrogens is 266 g/mol. The maximum atomic E-state index is 4.67. The lowest BCUT2D eigenvalue weighted by Gasteiger charge is -2.02. The summed E-state index contributed by atoms with van der Waals surface area (Å²) in [6.45, 7) is 4.39. The zero-order chi connectivity index (χ0) is 14.0. The van der Waals surface area contributed by atoms with E-state index in [0.717, 1.165) is 30.8 Å². The number of nitrogens with zero attached hydrogens (tertiary/aromatic N) is 2. The quantitative estimate of drug-likeness (QED) is 0.711. The van der Waals surface area contributed by atoms with Crippen molar-refractivity contribution < 1.29 is 0 Å². The third kappa shape index (κ3) is 5.02. The van der Waals surface area contributed by atoms with E-state index in [1.165, 1.54) is 30.7 Å². The molecule has 2 rings (SSSR count). The smallest absolute Gasteiger partial charge is 0.0945 e. The summed E-state index contributed by atoms with van der Waals surface area (Å²) in [5.74, 6) is 0. The molecule has 0 unspecified atom stereocenters. The summed E-state index contributed by atoms with van der Waals surface area (Å²) < 4.78 is 0. The van der Waals surface area contributed by atoms with E-state index in [1.807, 2.05) is 12.3 Å². The van der Waals surface area contributed by atoms with Crippen molar-refractivity contribution in [1.29, 1.82) is 0 Å². The third-order valence-electron chi connectivity index (χ3n) is 3.23. The number of hydrogen-bond donors (Lipinski definition) is 1. The zero-order valence-corrected chi connectivity index (χ0v) is 13.0. The first-order chi connectivity index (χ1) is 9.90. The van der Waals surface area contributed by atoms with Gasteiger partial charge in [0.15, 0.2) is 0 Å². The van der Waals surface area contributed by atoms with E-state index in [9.17, 15) is 0 Å². The normalized spacial score (nSPS) is 10.8. The Hall–Kier alpha value is -1.26. The van der Waals surface area contributed by atoms with E-state index in [0.29, 0.717) is 0 Å². The number of aromatic nitrogens is 2. The second-order valence-electron chi connectivity index (χ2n) is 4.93. The van der Waals surface area contributed by atoms with Gasteiger partial charge < -0.3 is 5.32 Å². The van der Waals surface area contributed by atoms with E-state index in [2.05, 4.69) is 33.7 Å². The Balaban J connectivity index is 1.69. The molecule has 0 aliphatic carbocycles. The Bertz CT molecular complexity index is 481. The van der Waals surface area contributed by atoms with Crippen LogP contribution in [0.3, 0.4) is 0 Å². The van der Waals surface area contributed by atoms with E-state index >= 15 is 0 Å². The van der Waals surface area contributed by atoms with Crippen molar-refractivity contribution in [3.63, 3.8) is 0 Å². The second-order valence-corrected chi connectivity index (χ2v) is 5.87. The van der Waals surface area contributed by atoms with Crippen LogP contribution in [0.2, 0.25) is 0 Å². The van der Waals surface area contributed by atoms with Crippen molar-refractivity contribution >= 4 is 11.3 Å². The van der Waals surface area contributed by atoms with Crippen molar-refractivity contribution in [2.45, 2.75) is 39.0 Å². The molecule has 2 aromatic rings. The molecule has 0 radical (unpaired) electrons. The van der Waals surface area contributed by atoms with E-state index in [-0.39, 0.29) is 0 Å². The Kier molecular flexibility index (Phi) is 6.68. The first-order valence-electron chi connectivity index (χ1n) is 7.45. The fourth-order valence-electron chi connectivity index (χ4n) is 2.07. The molecule has 0 aromatic carbocycles. The summed E-state index contributed by atoms with van der Waals surface area (Å²) in [6, 6.07) is 4.00. The van der Waals surface area contributed by atoms with Crippen LogP contribution in [0, 0.1) is 0 Å².